The molecule has 2 aromatic carbocycles. The highest BCUT2D eigenvalue weighted by Crippen LogP contribution is 2.27. The summed E-state index contributed by atoms with van der Waals surface area (Å²) in [6.45, 7) is 1.03. The molecule has 1 aliphatic rings. The Bertz CT molecular complexity index is 1160. The molecular weight excluding hydrogens is 447 g/mol. The fourth-order valence-corrected chi connectivity index (χ4v) is 5.09. The van der Waals surface area contributed by atoms with E-state index in [-0.39, 0.29) is 28.9 Å². The number of carbonyl (C=O) groups excluding carboxylic acids is 1. The molecule has 156 valence electrons. The molecule has 0 aliphatic carbocycles. The summed E-state index contributed by atoms with van der Waals surface area (Å²) in [6, 6.07) is 13.2. The van der Waals surface area contributed by atoms with Gasteiger partial charge in [-0.1, -0.05) is 23.2 Å². The minimum Gasteiger partial charge on any atom is -0.336 e. The lowest BCUT2D eigenvalue weighted by Gasteiger charge is -2.34. The normalized spacial score (nSPS) is 15.3. The second-order valence-corrected chi connectivity index (χ2v) is 9.52. The van der Waals surface area contributed by atoms with Gasteiger partial charge in [-0.05, 0) is 48.5 Å². The molecule has 4 rings (SSSR count). The van der Waals surface area contributed by atoms with Crippen LogP contribution in [0.1, 0.15) is 10.4 Å². The Balaban J connectivity index is 1.42. The van der Waals surface area contributed by atoms with Gasteiger partial charge in [0, 0.05) is 44.1 Å². The van der Waals surface area contributed by atoms with Crippen LogP contribution in [0.15, 0.2) is 65.8 Å². The van der Waals surface area contributed by atoms with Gasteiger partial charge in [0.2, 0.25) is 10.0 Å². The van der Waals surface area contributed by atoms with Crippen molar-refractivity contribution in [2.24, 2.45) is 0 Å². The van der Waals surface area contributed by atoms with Gasteiger partial charge in [0.1, 0.15) is 0 Å². The number of hydrogen-bond donors (Lipinski definition) is 0. The van der Waals surface area contributed by atoms with Crippen molar-refractivity contribution in [1.29, 1.82) is 0 Å². The monoisotopic (exact) mass is 464 g/mol. The number of nitrogens with zero attached hydrogens (tertiary/aromatic N) is 4. The van der Waals surface area contributed by atoms with Crippen LogP contribution >= 0.6 is 23.2 Å². The highest BCUT2D eigenvalue weighted by Gasteiger charge is 2.30. The second-order valence-electron chi connectivity index (χ2n) is 6.77. The fourth-order valence-electron chi connectivity index (χ4n) is 3.28. The van der Waals surface area contributed by atoms with Gasteiger partial charge in [-0.3, -0.25) is 4.79 Å². The van der Waals surface area contributed by atoms with Crippen molar-refractivity contribution in [3.63, 3.8) is 0 Å². The number of halogens is 2. The molecule has 2 heterocycles. The Labute approximate surface area is 184 Å². The summed E-state index contributed by atoms with van der Waals surface area (Å²) < 4.78 is 28.8. The molecule has 1 saturated heterocycles. The number of benzene rings is 2. The second kappa shape index (κ2) is 8.39. The predicted molar refractivity (Wildman–Crippen MR) is 115 cm³/mol. The SMILES string of the molecule is O=C(c1ccc(-n2cccn2)cc1)N1CCN(S(=O)(=O)c2ccc(Cl)c(Cl)c2)CC1. The molecule has 10 heteroatoms. The van der Waals surface area contributed by atoms with E-state index in [4.69, 9.17) is 23.2 Å². The number of aromatic nitrogens is 2. The standard InChI is InChI=1S/C20H18Cl2N4O3S/c21-18-7-6-17(14-19(18)22)30(28,29)25-12-10-24(11-13-25)20(27)15-2-4-16(5-3-15)26-9-1-8-23-26/h1-9,14H,10-13H2. The zero-order valence-electron chi connectivity index (χ0n) is 15.8. The van der Waals surface area contributed by atoms with Crippen molar-refractivity contribution >= 4 is 39.1 Å². The van der Waals surface area contributed by atoms with Gasteiger partial charge in [0.25, 0.3) is 5.91 Å². The number of hydrogen-bond acceptors (Lipinski definition) is 4. The van der Waals surface area contributed by atoms with Gasteiger partial charge >= 0.3 is 0 Å². The molecule has 0 saturated carbocycles. The molecule has 0 bridgehead atoms. The summed E-state index contributed by atoms with van der Waals surface area (Å²) in [7, 11) is -3.70. The number of amides is 1. The summed E-state index contributed by atoms with van der Waals surface area (Å²) in [6.07, 6.45) is 3.51. The van der Waals surface area contributed by atoms with E-state index in [1.807, 2.05) is 24.4 Å². The molecule has 0 spiro atoms. The van der Waals surface area contributed by atoms with Crippen LogP contribution in [-0.2, 0) is 10.0 Å². The average Bonchev–Trinajstić information content (AvgIpc) is 3.30. The summed E-state index contributed by atoms with van der Waals surface area (Å²) in [5.41, 5.74) is 1.40. The van der Waals surface area contributed by atoms with E-state index >= 15 is 0 Å². The van der Waals surface area contributed by atoms with Crippen LogP contribution in [0.25, 0.3) is 5.69 Å². The Kier molecular flexibility index (Phi) is 5.84. The van der Waals surface area contributed by atoms with Gasteiger partial charge in [0.05, 0.1) is 20.6 Å². The molecule has 0 atom stereocenters. The molecule has 30 heavy (non-hydrogen) atoms. The lowest BCUT2D eigenvalue weighted by molar-refractivity contribution is 0.0698. The van der Waals surface area contributed by atoms with E-state index in [1.165, 1.54) is 22.5 Å². The van der Waals surface area contributed by atoms with Gasteiger partial charge in [-0.15, -0.1) is 0 Å². The Morgan fingerprint density at radius 3 is 2.23 bits per heavy atom. The topological polar surface area (TPSA) is 75.5 Å². The molecule has 0 radical (unpaired) electrons. The van der Waals surface area contributed by atoms with E-state index in [2.05, 4.69) is 5.10 Å². The van der Waals surface area contributed by atoms with Crippen molar-refractivity contribution in [1.82, 2.24) is 19.0 Å². The van der Waals surface area contributed by atoms with Crippen LogP contribution in [0.5, 0.6) is 0 Å². The van der Waals surface area contributed by atoms with Crippen molar-refractivity contribution < 1.29 is 13.2 Å². The van der Waals surface area contributed by atoms with Crippen molar-refractivity contribution in [2.45, 2.75) is 4.90 Å². The molecule has 1 aliphatic heterocycles. The first-order valence-corrected chi connectivity index (χ1v) is 11.4. The number of piperazine rings is 1. The van der Waals surface area contributed by atoms with E-state index in [0.717, 1.165) is 5.69 Å². The number of carbonyl (C=O) groups is 1. The number of sulfonamides is 1. The molecule has 1 amide bonds. The zero-order valence-corrected chi connectivity index (χ0v) is 18.1. The summed E-state index contributed by atoms with van der Waals surface area (Å²) in [5.74, 6) is -0.131. The first-order valence-electron chi connectivity index (χ1n) is 9.21. The zero-order chi connectivity index (χ0) is 21.3. The predicted octanol–water partition coefficient (Wildman–Crippen LogP) is 3.33. The fraction of sp³-hybridized carbons (Fsp3) is 0.200. The molecule has 0 unspecified atom stereocenters. The largest absolute Gasteiger partial charge is 0.336 e. The highest BCUT2D eigenvalue weighted by molar-refractivity contribution is 7.89. The van der Waals surface area contributed by atoms with Gasteiger partial charge < -0.3 is 4.90 Å². The third-order valence-electron chi connectivity index (χ3n) is 4.94. The third kappa shape index (κ3) is 4.09. The lowest BCUT2D eigenvalue weighted by atomic mass is 10.1. The van der Waals surface area contributed by atoms with Gasteiger partial charge in [-0.25, -0.2) is 13.1 Å². The minimum absolute atomic E-state index is 0.0888. The van der Waals surface area contributed by atoms with Crippen LogP contribution < -0.4 is 0 Å². The summed E-state index contributed by atoms with van der Waals surface area (Å²) >= 11 is 11.8. The van der Waals surface area contributed by atoms with Gasteiger partial charge in [-0.2, -0.15) is 9.40 Å². The summed E-state index contributed by atoms with van der Waals surface area (Å²) in [4.78, 5) is 14.6. The molecular formula is C20H18Cl2N4O3S. The maximum atomic E-state index is 12.9. The Morgan fingerprint density at radius 2 is 1.63 bits per heavy atom. The molecule has 0 N–H and O–H groups in total. The van der Waals surface area contributed by atoms with Crippen molar-refractivity contribution in [3.8, 4) is 5.69 Å². The number of rotatable bonds is 4. The van der Waals surface area contributed by atoms with E-state index in [0.29, 0.717) is 23.7 Å². The van der Waals surface area contributed by atoms with Crippen LogP contribution in [0, 0.1) is 0 Å². The smallest absolute Gasteiger partial charge is 0.253 e. The molecule has 1 fully saturated rings. The lowest BCUT2D eigenvalue weighted by Crippen LogP contribution is -2.50. The van der Waals surface area contributed by atoms with E-state index in [1.54, 1.807) is 27.9 Å². The van der Waals surface area contributed by atoms with Crippen molar-refractivity contribution in [2.75, 3.05) is 26.2 Å². The third-order valence-corrected chi connectivity index (χ3v) is 7.57. The molecule has 1 aromatic heterocycles. The van der Waals surface area contributed by atoms with Crippen LogP contribution in [0.2, 0.25) is 10.0 Å². The molecule has 7 nitrogen and oxygen atoms in total. The van der Waals surface area contributed by atoms with Gasteiger partial charge in [0.15, 0.2) is 0 Å². The van der Waals surface area contributed by atoms with E-state index < -0.39 is 10.0 Å². The Morgan fingerprint density at radius 1 is 0.933 bits per heavy atom. The first kappa shape index (κ1) is 20.9. The van der Waals surface area contributed by atoms with Crippen LogP contribution in [-0.4, -0.2) is 59.5 Å². The van der Waals surface area contributed by atoms with Crippen LogP contribution in [0.3, 0.4) is 0 Å². The van der Waals surface area contributed by atoms with Crippen molar-refractivity contribution in [3.05, 3.63) is 76.5 Å². The first-order chi connectivity index (χ1) is 14.4. The van der Waals surface area contributed by atoms with Crippen LogP contribution in [0.4, 0.5) is 0 Å². The minimum atomic E-state index is -3.70. The summed E-state index contributed by atoms with van der Waals surface area (Å²) in [5, 5.41) is 4.64. The maximum Gasteiger partial charge on any atom is 0.253 e. The quantitative estimate of drug-likeness (QED) is 0.593. The highest BCUT2D eigenvalue weighted by atomic mass is 35.5. The van der Waals surface area contributed by atoms with E-state index in [9.17, 15) is 13.2 Å². The maximum absolute atomic E-state index is 12.9. The Hall–Kier alpha value is -2.39. The average molecular weight is 465 g/mol. The molecule has 3 aromatic rings.